The number of carbonyl (C=O) groups excluding carboxylic acids is 2. The number of carbonyl (C=O) groups is 2. The summed E-state index contributed by atoms with van der Waals surface area (Å²) >= 11 is 7.18. The zero-order valence-electron chi connectivity index (χ0n) is 19.0. The van der Waals surface area contributed by atoms with Crippen molar-refractivity contribution in [2.45, 2.75) is 31.6 Å². The fourth-order valence-electron chi connectivity index (χ4n) is 3.08. The normalized spacial score (nSPS) is 10.6. The van der Waals surface area contributed by atoms with Crippen molar-refractivity contribution < 1.29 is 19.2 Å². The Labute approximate surface area is 210 Å². The molecule has 2 aromatic carbocycles. The van der Waals surface area contributed by atoms with E-state index in [9.17, 15) is 19.7 Å². The standard InChI is InChI=1S/C22H23ClN6O5S/c1-3-28-19(12-24-20(30)10-14-4-7-16(34-2)8-5-14)26-27-22(28)35-13-21(31)25-18-11-15(29(32)33)6-9-17(18)23/h4-9,11H,3,10,12-13H2,1-2H3,(H,24,30)(H,25,31). The molecule has 0 aliphatic carbocycles. The number of amides is 2. The molecular formula is C22H23ClN6O5S. The topological polar surface area (TPSA) is 141 Å². The summed E-state index contributed by atoms with van der Waals surface area (Å²) in [4.78, 5) is 35.1. The minimum Gasteiger partial charge on any atom is -0.497 e. The van der Waals surface area contributed by atoms with Gasteiger partial charge in [0.25, 0.3) is 5.69 Å². The van der Waals surface area contributed by atoms with Crippen LogP contribution in [0.5, 0.6) is 5.75 Å². The average Bonchev–Trinajstić information content (AvgIpc) is 3.25. The zero-order valence-corrected chi connectivity index (χ0v) is 20.6. The number of non-ortho nitro benzene ring substituents is 1. The van der Waals surface area contributed by atoms with Gasteiger partial charge < -0.3 is 19.9 Å². The Balaban J connectivity index is 1.54. The number of hydrogen-bond acceptors (Lipinski definition) is 8. The van der Waals surface area contributed by atoms with E-state index in [0.717, 1.165) is 23.1 Å². The predicted octanol–water partition coefficient (Wildman–Crippen LogP) is 3.46. The van der Waals surface area contributed by atoms with Gasteiger partial charge in [-0.1, -0.05) is 35.5 Å². The van der Waals surface area contributed by atoms with Crippen LogP contribution in [0, 0.1) is 10.1 Å². The number of nitro benzene ring substituents is 1. The van der Waals surface area contributed by atoms with Gasteiger partial charge in [0.15, 0.2) is 11.0 Å². The number of nitrogens with zero attached hydrogens (tertiary/aromatic N) is 4. The van der Waals surface area contributed by atoms with Crippen LogP contribution in [-0.2, 0) is 29.1 Å². The largest absolute Gasteiger partial charge is 0.497 e. The SMILES string of the molecule is CCn1c(CNC(=O)Cc2ccc(OC)cc2)nnc1SCC(=O)Nc1cc([N+](=O)[O-])ccc1Cl. The van der Waals surface area contributed by atoms with Gasteiger partial charge in [-0.25, -0.2) is 0 Å². The molecule has 0 unspecified atom stereocenters. The molecule has 0 saturated carbocycles. The number of rotatable bonds is 11. The van der Waals surface area contributed by atoms with Crippen molar-refractivity contribution in [3.05, 3.63) is 69.0 Å². The minimum absolute atomic E-state index is 0.0129. The Kier molecular flexibility index (Phi) is 9.04. The van der Waals surface area contributed by atoms with Crippen LogP contribution in [0.1, 0.15) is 18.3 Å². The number of halogens is 1. The molecule has 0 spiro atoms. The van der Waals surface area contributed by atoms with Gasteiger partial charge in [-0.05, 0) is 30.7 Å². The van der Waals surface area contributed by atoms with Gasteiger partial charge >= 0.3 is 0 Å². The van der Waals surface area contributed by atoms with Crippen molar-refractivity contribution in [1.29, 1.82) is 0 Å². The second-order valence-corrected chi connectivity index (χ2v) is 8.55. The van der Waals surface area contributed by atoms with Gasteiger partial charge in [0.05, 0.1) is 41.5 Å². The smallest absolute Gasteiger partial charge is 0.271 e. The fraction of sp³-hybridized carbons (Fsp3) is 0.273. The number of methoxy groups -OCH3 is 1. The van der Waals surface area contributed by atoms with Crippen molar-refractivity contribution in [3.63, 3.8) is 0 Å². The fourth-order valence-corrected chi connectivity index (χ4v) is 4.07. The van der Waals surface area contributed by atoms with E-state index in [2.05, 4.69) is 20.8 Å². The number of ether oxygens (including phenoxy) is 1. The molecule has 184 valence electrons. The van der Waals surface area contributed by atoms with Gasteiger partial charge in [0, 0.05) is 18.7 Å². The summed E-state index contributed by atoms with van der Waals surface area (Å²) < 4.78 is 6.91. The highest BCUT2D eigenvalue weighted by atomic mass is 35.5. The molecule has 3 rings (SSSR count). The van der Waals surface area contributed by atoms with Crippen LogP contribution in [0.3, 0.4) is 0 Å². The van der Waals surface area contributed by atoms with E-state index >= 15 is 0 Å². The van der Waals surface area contributed by atoms with Crippen LogP contribution < -0.4 is 15.4 Å². The monoisotopic (exact) mass is 518 g/mol. The molecule has 0 saturated heterocycles. The first-order valence-corrected chi connectivity index (χ1v) is 11.8. The molecule has 35 heavy (non-hydrogen) atoms. The molecule has 2 amide bonds. The number of hydrogen-bond donors (Lipinski definition) is 2. The lowest BCUT2D eigenvalue weighted by atomic mass is 10.1. The third-order valence-electron chi connectivity index (χ3n) is 4.84. The summed E-state index contributed by atoms with van der Waals surface area (Å²) in [5.41, 5.74) is 0.830. The molecule has 3 aromatic rings. The van der Waals surface area contributed by atoms with E-state index in [4.69, 9.17) is 16.3 Å². The van der Waals surface area contributed by atoms with Crippen LogP contribution in [0.4, 0.5) is 11.4 Å². The average molecular weight is 519 g/mol. The minimum atomic E-state index is -0.568. The summed E-state index contributed by atoms with van der Waals surface area (Å²) in [5.74, 6) is 0.694. The molecule has 0 fully saturated rings. The molecule has 0 radical (unpaired) electrons. The van der Waals surface area contributed by atoms with Crippen LogP contribution in [-0.4, -0.2) is 44.4 Å². The van der Waals surface area contributed by atoms with Crippen molar-refractivity contribution in [2.75, 3.05) is 18.2 Å². The van der Waals surface area contributed by atoms with Gasteiger partial charge in [0.1, 0.15) is 5.75 Å². The van der Waals surface area contributed by atoms with Crippen LogP contribution in [0.25, 0.3) is 0 Å². The number of thioether (sulfide) groups is 1. The van der Waals surface area contributed by atoms with Gasteiger partial charge in [-0.15, -0.1) is 10.2 Å². The van der Waals surface area contributed by atoms with E-state index in [1.165, 1.54) is 18.2 Å². The highest BCUT2D eigenvalue weighted by Crippen LogP contribution is 2.27. The quantitative estimate of drug-likeness (QED) is 0.223. The van der Waals surface area contributed by atoms with Crippen molar-refractivity contribution in [3.8, 4) is 5.75 Å². The third-order valence-corrected chi connectivity index (χ3v) is 6.14. The summed E-state index contributed by atoms with van der Waals surface area (Å²) in [5, 5.41) is 25.3. The summed E-state index contributed by atoms with van der Waals surface area (Å²) in [6.07, 6.45) is 0.215. The first-order valence-electron chi connectivity index (χ1n) is 10.5. The van der Waals surface area contributed by atoms with E-state index in [0.29, 0.717) is 17.5 Å². The first kappa shape index (κ1) is 26.0. The number of nitrogens with one attached hydrogen (secondary N) is 2. The zero-order chi connectivity index (χ0) is 25.4. The lowest BCUT2D eigenvalue weighted by Crippen LogP contribution is -2.26. The number of anilines is 1. The molecule has 1 aromatic heterocycles. The van der Waals surface area contributed by atoms with E-state index in [-0.39, 0.29) is 41.0 Å². The lowest BCUT2D eigenvalue weighted by molar-refractivity contribution is -0.384. The number of nitro groups is 1. The molecule has 0 bridgehead atoms. The molecule has 0 atom stereocenters. The predicted molar refractivity (Wildman–Crippen MR) is 132 cm³/mol. The van der Waals surface area contributed by atoms with E-state index in [1.54, 1.807) is 23.8 Å². The Morgan fingerprint density at radius 3 is 2.57 bits per heavy atom. The third kappa shape index (κ3) is 7.17. The molecule has 11 nitrogen and oxygen atoms in total. The maximum Gasteiger partial charge on any atom is 0.271 e. The second kappa shape index (κ2) is 12.2. The van der Waals surface area contributed by atoms with Gasteiger partial charge in [0.2, 0.25) is 11.8 Å². The Hall–Kier alpha value is -3.64. The van der Waals surface area contributed by atoms with Crippen molar-refractivity contribution in [2.24, 2.45) is 0 Å². The van der Waals surface area contributed by atoms with Gasteiger partial charge in [-0.3, -0.25) is 19.7 Å². The van der Waals surface area contributed by atoms with E-state index < -0.39 is 10.8 Å². The Morgan fingerprint density at radius 1 is 1.17 bits per heavy atom. The Morgan fingerprint density at radius 2 is 1.91 bits per heavy atom. The summed E-state index contributed by atoms with van der Waals surface area (Å²) in [6, 6.07) is 11.1. The Bertz CT molecular complexity index is 1220. The van der Waals surface area contributed by atoms with Gasteiger partial charge in [-0.2, -0.15) is 0 Å². The molecule has 13 heteroatoms. The molecule has 0 aliphatic rings. The van der Waals surface area contributed by atoms with Crippen LogP contribution in [0.2, 0.25) is 5.02 Å². The van der Waals surface area contributed by atoms with E-state index in [1.807, 2.05) is 19.1 Å². The highest BCUT2D eigenvalue weighted by molar-refractivity contribution is 7.99. The maximum absolute atomic E-state index is 12.4. The second-order valence-electron chi connectivity index (χ2n) is 7.20. The van der Waals surface area contributed by atoms with Crippen molar-refractivity contribution >= 4 is 46.6 Å². The van der Waals surface area contributed by atoms with Crippen molar-refractivity contribution in [1.82, 2.24) is 20.1 Å². The molecule has 2 N–H and O–H groups in total. The molecular weight excluding hydrogens is 496 g/mol. The van der Waals surface area contributed by atoms with Crippen LogP contribution in [0.15, 0.2) is 47.6 Å². The molecule has 0 aliphatic heterocycles. The lowest BCUT2D eigenvalue weighted by Gasteiger charge is -2.09. The maximum atomic E-state index is 12.4. The van der Waals surface area contributed by atoms with Crippen LogP contribution >= 0.6 is 23.4 Å². The number of aromatic nitrogens is 3. The first-order chi connectivity index (χ1) is 16.8. The summed E-state index contributed by atoms with van der Waals surface area (Å²) in [7, 11) is 1.58. The summed E-state index contributed by atoms with van der Waals surface area (Å²) in [6.45, 7) is 2.63. The number of benzene rings is 2. The molecule has 1 heterocycles. The highest BCUT2D eigenvalue weighted by Gasteiger charge is 2.16.